The first-order valence-electron chi connectivity index (χ1n) is 5.41. The first-order chi connectivity index (χ1) is 8.65. The Kier molecular flexibility index (Phi) is 3.78. The van der Waals surface area contributed by atoms with E-state index in [1.807, 2.05) is 18.2 Å². The summed E-state index contributed by atoms with van der Waals surface area (Å²) in [6.45, 7) is 0. The first-order valence-corrected chi connectivity index (χ1v) is 5.79. The Labute approximate surface area is 109 Å². The van der Waals surface area contributed by atoms with Crippen molar-refractivity contribution in [2.45, 2.75) is 18.6 Å². The van der Waals surface area contributed by atoms with Crippen LogP contribution >= 0.6 is 11.6 Å². The highest BCUT2D eigenvalue weighted by molar-refractivity contribution is 6.34. The number of hydrogen-bond donors (Lipinski definition) is 2. The number of nitrogens with zero attached hydrogens (tertiary/aromatic N) is 2. The van der Waals surface area contributed by atoms with Crippen molar-refractivity contribution in [2.24, 2.45) is 0 Å². The molecule has 0 aliphatic rings. The SMILES string of the molecule is N#CCC(O)C(O)c1cnc(Cl)c2ccccc12. The lowest BCUT2D eigenvalue weighted by Gasteiger charge is -2.17. The highest BCUT2D eigenvalue weighted by Crippen LogP contribution is 2.29. The zero-order valence-electron chi connectivity index (χ0n) is 9.42. The minimum Gasteiger partial charge on any atom is -0.389 e. The monoisotopic (exact) mass is 262 g/mol. The van der Waals surface area contributed by atoms with Crippen LogP contribution in [0, 0.1) is 11.3 Å². The highest BCUT2D eigenvalue weighted by Gasteiger charge is 2.21. The fourth-order valence-electron chi connectivity index (χ4n) is 1.83. The molecule has 2 atom stereocenters. The molecule has 92 valence electrons. The van der Waals surface area contributed by atoms with Crippen molar-refractivity contribution in [3.05, 3.63) is 41.2 Å². The van der Waals surface area contributed by atoms with Gasteiger partial charge in [-0.1, -0.05) is 35.9 Å². The van der Waals surface area contributed by atoms with E-state index in [1.54, 1.807) is 12.1 Å². The third-order valence-electron chi connectivity index (χ3n) is 2.76. The van der Waals surface area contributed by atoms with Crippen LogP contribution in [0.5, 0.6) is 0 Å². The molecule has 0 fully saturated rings. The topological polar surface area (TPSA) is 77.1 Å². The van der Waals surface area contributed by atoms with Crippen LogP contribution in [0.2, 0.25) is 5.15 Å². The predicted molar refractivity (Wildman–Crippen MR) is 67.9 cm³/mol. The summed E-state index contributed by atoms with van der Waals surface area (Å²) >= 11 is 5.97. The molecule has 5 heteroatoms. The van der Waals surface area contributed by atoms with E-state index >= 15 is 0 Å². The number of fused-ring (bicyclic) bond motifs is 1. The van der Waals surface area contributed by atoms with Gasteiger partial charge in [0, 0.05) is 17.1 Å². The van der Waals surface area contributed by atoms with Crippen LogP contribution in [0.25, 0.3) is 10.8 Å². The number of benzene rings is 1. The van der Waals surface area contributed by atoms with Gasteiger partial charge >= 0.3 is 0 Å². The van der Waals surface area contributed by atoms with Crippen molar-refractivity contribution in [2.75, 3.05) is 0 Å². The summed E-state index contributed by atoms with van der Waals surface area (Å²) in [7, 11) is 0. The molecule has 2 N–H and O–H groups in total. The molecule has 0 aliphatic heterocycles. The lowest BCUT2D eigenvalue weighted by atomic mass is 9.99. The van der Waals surface area contributed by atoms with Crippen LogP contribution < -0.4 is 0 Å². The van der Waals surface area contributed by atoms with Gasteiger partial charge in [-0.3, -0.25) is 0 Å². The van der Waals surface area contributed by atoms with Crippen molar-refractivity contribution >= 4 is 22.4 Å². The number of nitriles is 1. The summed E-state index contributed by atoms with van der Waals surface area (Å²) in [5.74, 6) is 0. The third-order valence-corrected chi connectivity index (χ3v) is 3.06. The largest absolute Gasteiger partial charge is 0.389 e. The van der Waals surface area contributed by atoms with Crippen molar-refractivity contribution in [3.63, 3.8) is 0 Å². The summed E-state index contributed by atoms with van der Waals surface area (Å²) in [4.78, 5) is 3.98. The molecule has 4 nitrogen and oxygen atoms in total. The van der Waals surface area contributed by atoms with Gasteiger partial charge in [0.05, 0.1) is 18.6 Å². The van der Waals surface area contributed by atoms with Gasteiger partial charge in [0.25, 0.3) is 0 Å². The minimum absolute atomic E-state index is 0.141. The maximum absolute atomic E-state index is 10.0. The lowest BCUT2D eigenvalue weighted by molar-refractivity contribution is 0.0223. The number of aliphatic hydroxyl groups is 2. The van der Waals surface area contributed by atoms with E-state index in [4.69, 9.17) is 16.9 Å². The Hall–Kier alpha value is -1.67. The molecule has 0 amide bonds. The molecular formula is C13H11ClN2O2. The van der Waals surface area contributed by atoms with E-state index in [2.05, 4.69) is 4.98 Å². The smallest absolute Gasteiger partial charge is 0.136 e. The Morgan fingerprint density at radius 3 is 2.61 bits per heavy atom. The minimum atomic E-state index is -1.15. The second-order valence-electron chi connectivity index (χ2n) is 3.92. The van der Waals surface area contributed by atoms with Gasteiger partial charge in [-0.25, -0.2) is 4.98 Å². The van der Waals surface area contributed by atoms with Crippen LogP contribution in [0.1, 0.15) is 18.1 Å². The number of rotatable bonds is 3. The highest BCUT2D eigenvalue weighted by atomic mass is 35.5. The van der Waals surface area contributed by atoms with Crippen LogP contribution in [0.15, 0.2) is 30.5 Å². The maximum Gasteiger partial charge on any atom is 0.136 e. The van der Waals surface area contributed by atoms with Crippen molar-refractivity contribution in [1.29, 1.82) is 5.26 Å². The van der Waals surface area contributed by atoms with Gasteiger partial charge in [-0.05, 0) is 5.39 Å². The van der Waals surface area contributed by atoms with E-state index < -0.39 is 12.2 Å². The molecule has 2 rings (SSSR count). The molecule has 0 saturated heterocycles. The maximum atomic E-state index is 10.0. The second kappa shape index (κ2) is 5.32. The molecule has 1 aromatic carbocycles. The first kappa shape index (κ1) is 12.8. The van der Waals surface area contributed by atoms with Crippen molar-refractivity contribution in [1.82, 2.24) is 4.98 Å². The number of hydrogen-bond acceptors (Lipinski definition) is 4. The molecule has 18 heavy (non-hydrogen) atoms. The summed E-state index contributed by atoms with van der Waals surface area (Å²) < 4.78 is 0. The fraction of sp³-hybridized carbons (Fsp3) is 0.231. The molecule has 0 bridgehead atoms. The van der Waals surface area contributed by atoms with Gasteiger partial charge in [0.15, 0.2) is 0 Å². The van der Waals surface area contributed by atoms with E-state index in [9.17, 15) is 10.2 Å². The molecule has 0 aliphatic carbocycles. The molecular weight excluding hydrogens is 252 g/mol. The van der Waals surface area contributed by atoms with Gasteiger partial charge in [0.1, 0.15) is 11.3 Å². The Morgan fingerprint density at radius 1 is 1.28 bits per heavy atom. The average molecular weight is 263 g/mol. The molecule has 2 aromatic rings. The van der Waals surface area contributed by atoms with Crippen LogP contribution in [-0.4, -0.2) is 21.3 Å². The zero-order valence-corrected chi connectivity index (χ0v) is 10.2. The molecule has 1 aromatic heterocycles. The summed E-state index contributed by atoms with van der Waals surface area (Å²) in [5.41, 5.74) is 0.470. The zero-order chi connectivity index (χ0) is 13.1. The standard InChI is InChI=1S/C13H11ClN2O2/c14-13-9-4-2-1-3-8(9)10(7-16-13)12(18)11(17)5-6-15/h1-4,7,11-12,17-18H,5H2. The molecule has 2 unspecified atom stereocenters. The fourth-order valence-corrected chi connectivity index (χ4v) is 2.04. The van der Waals surface area contributed by atoms with Gasteiger partial charge in [0.2, 0.25) is 0 Å². The number of halogens is 1. The van der Waals surface area contributed by atoms with Gasteiger partial charge < -0.3 is 10.2 Å². The molecule has 0 spiro atoms. The third kappa shape index (κ3) is 2.29. The van der Waals surface area contributed by atoms with Crippen LogP contribution in [-0.2, 0) is 0 Å². The molecule has 0 saturated carbocycles. The molecule has 1 heterocycles. The lowest BCUT2D eigenvalue weighted by Crippen LogP contribution is -2.18. The Bertz CT molecular complexity index is 609. The van der Waals surface area contributed by atoms with E-state index in [-0.39, 0.29) is 6.42 Å². The average Bonchev–Trinajstić information content (AvgIpc) is 2.39. The second-order valence-corrected chi connectivity index (χ2v) is 4.28. The predicted octanol–water partition coefficient (Wildman–Crippen LogP) is 2.20. The Morgan fingerprint density at radius 2 is 1.94 bits per heavy atom. The number of pyridine rings is 1. The van der Waals surface area contributed by atoms with Crippen LogP contribution in [0.3, 0.4) is 0 Å². The van der Waals surface area contributed by atoms with E-state index in [0.717, 1.165) is 5.39 Å². The summed E-state index contributed by atoms with van der Waals surface area (Å²) in [6.07, 6.45) is -1.01. The van der Waals surface area contributed by atoms with Crippen molar-refractivity contribution in [3.8, 4) is 6.07 Å². The van der Waals surface area contributed by atoms with Gasteiger partial charge in [-0.15, -0.1) is 0 Å². The van der Waals surface area contributed by atoms with Crippen LogP contribution in [0.4, 0.5) is 0 Å². The molecule has 0 radical (unpaired) electrons. The van der Waals surface area contributed by atoms with Crippen molar-refractivity contribution < 1.29 is 10.2 Å². The van der Waals surface area contributed by atoms with E-state index in [1.165, 1.54) is 6.20 Å². The summed E-state index contributed by atoms with van der Waals surface area (Å²) in [5, 5.41) is 30.0. The number of aromatic nitrogens is 1. The van der Waals surface area contributed by atoms with E-state index in [0.29, 0.717) is 16.1 Å². The summed E-state index contributed by atoms with van der Waals surface area (Å²) in [6, 6.07) is 9.03. The number of aliphatic hydroxyl groups excluding tert-OH is 2. The Balaban J connectivity index is 2.52. The normalized spacial score (nSPS) is 14.1. The quantitative estimate of drug-likeness (QED) is 0.832. The van der Waals surface area contributed by atoms with Gasteiger partial charge in [-0.2, -0.15) is 5.26 Å².